The summed E-state index contributed by atoms with van der Waals surface area (Å²) in [5, 5.41) is 7.84. The van der Waals surface area contributed by atoms with Crippen molar-refractivity contribution in [2.24, 2.45) is 0 Å². The molecule has 0 amide bonds. The number of carboxylic acids is 1. The zero-order chi connectivity index (χ0) is 5.86. The van der Waals surface area contributed by atoms with E-state index in [2.05, 4.69) is 0 Å². The molecule has 0 fully saturated rings. The first-order chi connectivity index (χ1) is 3.18. The Morgan fingerprint density at radius 1 is 1.75 bits per heavy atom. The van der Waals surface area contributed by atoms with Gasteiger partial charge in [0.1, 0.15) is 5.03 Å². The fourth-order valence-corrected chi connectivity index (χ4v) is 0.123. The Kier molecular flexibility index (Phi) is 7.81. The molecule has 8 heavy (non-hydrogen) atoms. The average Bonchev–Trinajstić information content (AvgIpc) is 1.65. The summed E-state index contributed by atoms with van der Waals surface area (Å²) < 4.78 is 0. The fourth-order valence-electron chi connectivity index (χ4n) is 0.123. The SMILES string of the molecule is C/C=C(\Cl)C(=O)O.[Cd]. The summed E-state index contributed by atoms with van der Waals surface area (Å²) in [6.45, 7) is 1.57. The van der Waals surface area contributed by atoms with Crippen molar-refractivity contribution in [2.45, 2.75) is 6.92 Å². The molecule has 0 atom stereocenters. The third-order valence-electron chi connectivity index (χ3n) is 0.458. The summed E-state index contributed by atoms with van der Waals surface area (Å²) in [6, 6.07) is 0. The summed E-state index contributed by atoms with van der Waals surface area (Å²) in [7, 11) is 0. The molecular formula is C4H5CdClO2. The normalized spacial score (nSPS) is 10.0. The van der Waals surface area contributed by atoms with E-state index in [4.69, 9.17) is 16.7 Å². The minimum absolute atomic E-state index is 0. The molecule has 0 aromatic carbocycles. The Hall–Kier alpha value is 0.422. The van der Waals surface area contributed by atoms with E-state index in [0.717, 1.165) is 0 Å². The number of rotatable bonds is 1. The molecule has 0 aromatic rings. The Morgan fingerprint density at radius 2 is 2.12 bits per heavy atom. The van der Waals surface area contributed by atoms with Gasteiger partial charge in [-0.2, -0.15) is 0 Å². The molecule has 0 heterocycles. The first kappa shape index (κ1) is 11.2. The third-order valence-corrected chi connectivity index (χ3v) is 0.838. The molecule has 0 aliphatic heterocycles. The Balaban J connectivity index is 0. The van der Waals surface area contributed by atoms with Crippen LogP contribution in [0.2, 0.25) is 0 Å². The number of allylic oxidation sites excluding steroid dienone is 1. The van der Waals surface area contributed by atoms with Crippen LogP contribution in [-0.2, 0) is 32.1 Å². The van der Waals surface area contributed by atoms with Gasteiger partial charge in [-0.3, -0.25) is 0 Å². The number of carbonyl (C=O) groups is 1. The summed E-state index contributed by atoms with van der Waals surface area (Å²) in [5.74, 6) is -1.08. The number of halogens is 1. The first-order valence-electron chi connectivity index (χ1n) is 1.73. The van der Waals surface area contributed by atoms with Crippen molar-refractivity contribution in [1.29, 1.82) is 0 Å². The molecule has 0 rings (SSSR count). The van der Waals surface area contributed by atoms with Crippen molar-refractivity contribution in [2.75, 3.05) is 0 Å². The molecular weight excluding hydrogens is 228 g/mol. The number of carboxylic acid groups (broad SMARTS) is 1. The minimum Gasteiger partial charge on any atom is -0.477 e. The maximum Gasteiger partial charge on any atom is 0.346 e. The van der Waals surface area contributed by atoms with Crippen LogP contribution in [0.3, 0.4) is 0 Å². The van der Waals surface area contributed by atoms with Crippen LogP contribution in [0.5, 0.6) is 0 Å². The largest absolute Gasteiger partial charge is 0.477 e. The molecule has 0 unspecified atom stereocenters. The standard InChI is InChI=1S/C4H5ClO2.Cd/c1-2-3(5)4(6)7;/h2H,1H3,(H,6,7);/b3-2-;. The van der Waals surface area contributed by atoms with Crippen LogP contribution in [0.1, 0.15) is 6.92 Å². The van der Waals surface area contributed by atoms with E-state index in [-0.39, 0.29) is 32.3 Å². The van der Waals surface area contributed by atoms with E-state index in [1.807, 2.05) is 0 Å². The summed E-state index contributed by atoms with van der Waals surface area (Å²) in [6.07, 6.45) is 1.32. The molecule has 0 aromatic heterocycles. The zero-order valence-electron chi connectivity index (χ0n) is 4.52. The smallest absolute Gasteiger partial charge is 0.346 e. The number of aliphatic carboxylic acids is 1. The second kappa shape index (κ2) is 5.56. The van der Waals surface area contributed by atoms with Gasteiger partial charge >= 0.3 is 5.97 Å². The van der Waals surface area contributed by atoms with Gasteiger partial charge in [0, 0.05) is 27.3 Å². The van der Waals surface area contributed by atoms with Gasteiger partial charge < -0.3 is 5.11 Å². The molecule has 0 aliphatic carbocycles. The summed E-state index contributed by atoms with van der Waals surface area (Å²) >= 11 is 5.06. The molecule has 1 N–H and O–H groups in total. The van der Waals surface area contributed by atoms with Crippen molar-refractivity contribution in [1.82, 2.24) is 0 Å². The van der Waals surface area contributed by atoms with Gasteiger partial charge in [0.15, 0.2) is 0 Å². The number of hydrogen-bond acceptors (Lipinski definition) is 1. The van der Waals surface area contributed by atoms with Gasteiger partial charge in [0.25, 0.3) is 0 Å². The van der Waals surface area contributed by atoms with E-state index < -0.39 is 5.97 Å². The first-order valence-corrected chi connectivity index (χ1v) is 2.11. The van der Waals surface area contributed by atoms with Crippen molar-refractivity contribution < 1.29 is 37.2 Å². The van der Waals surface area contributed by atoms with E-state index in [9.17, 15) is 4.79 Å². The van der Waals surface area contributed by atoms with Crippen LogP contribution in [0.25, 0.3) is 0 Å². The van der Waals surface area contributed by atoms with Crippen molar-refractivity contribution in [3.63, 3.8) is 0 Å². The second-order valence-electron chi connectivity index (χ2n) is 0.942. The third kappa shape index (κ3) is 4.58. The number of hydrogen-bond donors (Lipinski definition) is 1. The summed E-state index contributed by atoms with van der Waals surface area (Å²) in [5.41, 5.74) is 0. The van der Waals surface area contributed by atoms with Crippen LogP contribution in [0.4, 0.5) is 0 Å². The minimum atomic E-state index is -1.08. The molecule has 2 nitrogen and oxygen atoms in total. The maximum atomic E-state index is 9.73. The zero-order valence-corrected chi connectivity index (χ0v) is 9.31. The van der Waals surface area contributed by atoms with E-state index in [1.54, 1.807) is 6.92 Å². The van der Waals surface area contributed by atoms with Gasteiger partial charge in [0.05, 0.1) is 0 Å². The van der Waals surface area contributed by atoms with Crippen molar-refractivity contribution in [3.8, 4) is 0 Å². The van der Waals surface area contributed by atoms with E-state index in [1.165, 1.54) is 6.08 Å². The monoisotopic (exact) mass is 234 g/mol. The van der Waals surface area contributed by atoms with Crippen molar-refractivity contribution >= 4 is 17.6 Å². The van der Waals surface area contributed by atoms with Gasteiger partial charge in [-0.25, -0.2) is 4.79 Å². The topological polar surface area (TPSA) is 37.3 Å². The van der Waals surface area contributed by atoms with Gasteiger partial charge in [-0.05, 0) is 6.92 Å². The van der Waals surface area contributed by atoms with Crippen LogP contribution < -0.4 is 0 Å². The molecule has 0 saturated carbocycles. The van der Waals surface area contributed by atoms with Crippen LogP contribution >= 0.6 is 11.6 Å². The van der Waals surface area contributed by atoms with Crippen molar-refractivity contribution in [3.05, 3.63) is 11.1 Å². The van der Waals surface area contributed by atoms with Crippen LogP contribution in [-0.4, -0.2) is 11.1 Å². The molecule has 4 heteroatoms. The average molecular weight is 233 g/mol. The molecule has 0 aliphatic rings. The van der Waals surface area contributed by atoms with Gasteiger partial charge in [-0.1, -0.05) is 17.7 Å². The second-order valence-corrected chi connectivity index (χ2v) is 1.35. The predicted octanol–water partition coefficient (Wildman–Crippen LogP) is 1.21. The maximum absolute atomic E-state index is 9.73. The molecule has 42 valence electrons. The Labute approximate surface area is 72.7 Å². The molecule has 0 bridgehead atoms. The summed E-state index contributed by atoms with van der Waals surface area (Å²) in [4.78, 5) is 9.73. The van der Waals surface area contributed by atoms with Gasteiger partial charge in [0.2, 0.25) is 0 Å². The quantitative estimate of drug-likeness (QED) is 0.545. The van der Waals surface area contributed by atoms with E-state index in [0.29, 0.717) is 0 Å². The molecule has 0 spiro atoms. The molecule has 0 radical (unpaired) electrons. The van der Waals surface area contributed by atoms with E-state index >= 15 is 0 Å². The fraction of sp³-hybridized carbons (Fsp3) is 0.250. The molecule has 0 saturated heterocycles. The van der Waals surface area contributed by atoms with Crippen LogP contribution in [0, 0.1) is 0 Å². The van der Waals surface area contributed by atoms with Crippen LogP contribution in [0.15, 0.2) is 11.1 Å². The Morgan fingerprint density at radius 3 is 2.12 bits per heavy atom. The predicted molar refractivity (Wildman–Crippen MR) is 27.2 cm³/mol. The van der Waals surface area contributed by atoms with Gasteiger partial charge in [-0.15, -0.1) is 0 Å². The Bertz CT molecular complexity index is 111.